The first-order chi connectivity index (χ1) is 9.47. The standard InChI is InChI=1S/C13H15N3O2S2/c1-8-4-2-5-9(14)12(8)20(17,18)16-13-15-10-6-3-7-11(10)19-13/h2,4-5H,3,6-7,14H2,1H3,(H,15,16). The minimum Gasteiger partial charge on any atom is -0.398 e. The molecule has 1 aliphatic rings. The maximum atomic E-state index is 12.4. The molecule has 0 saturated carbocycles. The van der Waals surface area contributed by atoms with E-state index in [2.05, 4.69) is 9.71 Å². The highest BCUT2D eigenvalue weighted by Crippen LogP contribution is 2.32. The molecule has 0 unspecified atom stereocenters. The van der Waals surface area contributed by atoms with Crippen LogP contribution in [0.5, 0.6) is 0 Å². The van der Waals surface area contributed by atoms with Crippen molar-refractivity contribution in [3.63, 3.8) is 0 Å². The maximum absolute atomic E-state index is 12.4. The lowest BCUT2D eigenvalue weighted by Crippen LogP contribution is -2.16. The molecular weight excluding hydrogens is 294 g/mol. The number of nitrogen functional groups attached to an aromatic ring is 1. The van der Waals surface area contributed by atoms with Crippen molar-refractivity contribution >= 4 is 32.2 Å². The van der Waals surface area contributed by atoms with Gasteiger partial charge in [-0.1, -0.05) is 12.1 Å². The van der Waals surface area contributed by atoms with Crippen molar-refractivity contribution < 1.29 is 8.42 Å². The van der Waals surface area contributed by atoms with E-state index in [1.807, 2.05) is 0 Å². The number of rotatable bonds is 3. The molecule has 20 heavy (non-hydrogen) atoms. The normalized spacial score (nSPS) is 14.2. The Balaban J connectivity index is 1.96. The minimum absolute atomic E-state index is 0.135. The first-order valence-corrected chi connectivity index (χ1v) is 8.64. The van der Waals surface area contributed by atoms with Crippen molar-refractivity contribution in [3.05, 3.63) is 34.3 Å². The third kappa shape index (κ3) is 2.27. The number of thiazole rings is 1. The summed E-state index contributed by atoms with van der Waals surface area (Å²) in [6.45, 7) is 1.73. The van der Waals surface area contributed by atoms with Gasteiger partial charge in [-0.05, 0) is 37.8 Å². The summed E-state index contributed by atoms with van der Waals surface area (Å²) in [5.41, 5.74) is 7.69. The zero-order valence-corrected chi connectivity index (χ0v) is 12.6. The predicted molar refractivity (Wildman–Crippen MR) is 80.5 cm³/mol. The highest BCUT2D eigenvalue weighted by Gasteiger charge is 2.23. The Kier molecular flexibility index (Phi) is 3.18. The molecule has 1 aliphatic carbocycles. The molecule has 3 N–H and O–H groups in total. The summed E-state index contributed by atoms with van der Waals surface area (Å²) in [6, 6.07) is 5.05. The number of fused-ring (bicyclic) bond motifs is 1. The van der Waals surface area contributed by atoms with Gasteiger partial charge in [-0.2, -0.15) is 0 Å². The SMILES string of the molecule is Cc1cccc(N)c1S(=O)(=O)Nc1nc2c(s1)CCC2. The molecule has 0 saturated heterocycles. The van der Waals surface area contributed by atoms with E-state index >= 15 is 0 Å². The Morgan fingerprint density at radius 2 is 2.15 bits per heavy atom. The Hall–Kier alpha value is -1.60. The highest BCUT2D eigenvalue weighted by atomic mass is 32.2. The van der Waals surface area contributed by atoms with Gasteiger partial charge in [0, 0.05) is 4.88 Å². The Bertz CT molecular complexity index is 724. The van der Waals surface area contributed by atoms with Gasteiger partial charge >= 0.3 is 0 Å². The van der Waals surface area contributed by atoms with Crippen LogP contribution in [0.3, 0.4) is 0 Å². The van der Waals surface area contributed by atoms with Gasteiger partial charge in [0.15, 0.2) is 5.13 Å². The van der Waals surface area contributed by atoms with Crippen molar-refractivity contribution in [2.24, 2.45) is 0 Å². The van der Waals surface area contributed by atoms with E-state index in [1.165, 1.54) is 16.2 Å². The monoisotopic (exact) mass is 309 g/mol. The van der Waals surface area contributed by atoms with Crippen molar-refractivity contribution in [1.29, 1.82) is 0 Å². The van der Waals surface area contributed by atoms with E-state index in [0.29, 0.717) is 10.7 Å². The number of anilines is 2. The van der Waals surface area contributed by atoms with Gasteiger partial charge in [0.05, 0.1) is 11.4 Å². The van der Waals surface area contributed by atoms with Gasteiger partial charge in [0.25, 0.3) is 10.0 Å². The second kappa shape index (κ2) is 4.75. The Morgan fingerprint density at radius 1 is 1.35 bits per heavy atom. The van der Waals surface area contributed by atoms with E-state index < -0.39 is 10.0 Å². The fourth-order valence-electron chi connectivity index (χ4n) is 2.44. The molecule has 2 aromatic rings. The van der Waals surface area contributed by atoms with Crippen molar-refractivity contribution in [2.45, 2.75) is 31.1 Å². The molecule has 0 amide bonds. The molecule has 5 nitrogen and oxygen atoms in total. The van der Waals surface area contributed by atoms with Crippen LogP contribution in [-0.2, 0) is 22.9 Å². The van der Waals surface area contributed by atoms with Gasteiger partial charge in [-0.3, -0.25) is 4.72 Å². The van der Waals surface area contributed by atoms with Gasteiger partial charge in [-0.15, -0.1) is 11.3 Å². The number of aromatic nitrogens is 1. The van der Waals surface area contributed by atoms with Crippen LogP contribution in [0.2, 0.25) is 0 Å². The number of nitrogens with one attached hydrogen (secondary N) is 1. The summed E-state index contributed by atoms with van der Waals surface area (Å²) in [5, 5.41) is 0.428. The number of benzene rings is 1. The van der Waals surface area contributed by atoms with Crippen LogP contribution in [-0.4, -0.2) is 13.4 Å². The van der Waals surface area contributed by atoms with Gasteiger partial charge in [0.2, 0.25) is 0 Å². The quantitative estimate of drug-likeness (QED) is 0.852. The number of aryl methyl sites for hydroxylation is 3. The number of nitrogens with zero attached hydrogens (tertiary/aromatic N) is 1. The molecular formula is C13H15N3O2S2. The second-order valence-electron chi connectivity index (χ2n) is 4.84. The summed E-state index contributed by atoms with van der Waals surface area (Å²) in [6.07, 6.45) is 3.02. The van der Waals surface area contributed by atoms with Gasteiger partial charge in [0.1, 0.15) is 4.90 Å². The van der Waals surface area contributed by atoms with Gasteiger partial charge < -0.3 is 5.73 Å². The van der Waals surface area contributed by atoms with Crippen LogP contribution in [0, 0.1) is 6.92 Å². The lowest BCUT2D eigenvalue weighted by atomic mass is 10.2. The predicted octanol–water partition coefficient (Wildman–Crippen LogP) is 2.32. The van der Waals surface area contributed by atoms with Crippen LogP contribution in [0.15, 0.2) is 23.1 Å². The second-order valence-corrected chi connectivity index (χ2v) is 7.54. The van der Waals surface area contributed by atoms with Crippen LogP contribution < -0.4 is 10.5 Å². The molecule has 106 valence electrons. The largest absolute Gasteiger partial charge is 0.398 e. The maximum Gasteiger partial charge on any atom is 0.265 e. The molecule has 0 bridgehead atoms. The smallest absolute Gasteiger partial charge is 0.265 e. The summed E-state index contributed by atoms with van der Waals surface area (Å²) < 4.78 is 27.4. The average molecular weight is 309 g/mol. The Labute approximate surface area is 121 Å². The van der Waals surface area contributed by atoms with Crippen LogP contribution in [0.1, 0.15) is 22.6 Å². The average Bonchev–Trinajstić information content (AvgIpc) is 2.87. The zero-order chi connectivity index (χ0) is 14.3. The topological polar surface area (TPSA) is 85.1 Å². The molecule has 0 radical (unpaired) electrons. The highest BCUT2D eigenvalue weighted by molar-refractivity contribution is 7.93. The molecule has 0 spiro atoms. The molecule has 0 atom stereocenters. The summed E-state index contributed by atoms with van der Waals surface area (Å²) in [4.78, 5) is 5.66. The van der Waals surface area contributed by atoms with E-state index in [-0.39, 0.29) is 10.6 Å². The van der Waals surface area contributed by atoms with Gasteiger partial charge in [-0.25, -0.2) is 13.4 Å². The number of hydrogen-bond donors (Lipinski definition) is 2. The molecule has 3 rings (SSSR count). The van der Waals surface area contributed by atoms with Crippen LogP contribution >= 0.6 is 11.3 Å². The van der Waals surface area contributed by atoms with Crippen molar-refractivity contribution in [1.82, 2.24) is 4.98 Å². The first-order valence-electron chi connectivity index (χ1n) is 6.34. The Morgan fingerprint density at radius 3 is 2.85 bits per heavy atom. The molecule has 1 aromatic carbocycles. The fraction of sp³-hybridized carbons (Fsp3) is 0.308. The fourth-order valence-corrected chi connectivity index (χ4v) is 5.09. The zero-order valence-electron chi connectivity index (χ0n) is 11.0. The summed E-state index contributed by atoms with van der Waals surface area (Å²) in [7, 11) is -3.69. The molecule has 1 aromatic heterocycles. The number of sulfonamides is 1. The van der Waals surface area contributed by atoms with E-state index in [0.717, 1.165) is 25.0 Å². The lowest BCUT2D eigenvalue weighted by molar-refractivity contribution is 0.601. The third-order valence-corrected chi connectivity index (χ3v) is 6.09. The third-order valence-electron chi connectivity index (χ3n) is 3.33. The lowest BCUT2D eigenvalue weighted by Gasteiger charge is -2.10. The summed E-state index contributed by atoms with van der Waals surface area (Å²) >= 11 is 1.41. The molecule has 1 heterocycles. The van der Waals surface area contributed by atoms with E-state index in [9.17, 15) is 8.42 Å². The summed E-state index contributed by atoms with van der Waals surface area (Å²) in [5.74, 6) is 0. The molecule has 0 fully saturated rings. The van der Waals surface area contributed by atoms with Crippen molar-refractivity contribution in [3.8, 4) is 0 Å². The van der Waals surface area contributed by atoms with E-state index in [1.54, 1.807) is 25.1 Å². The molecule has 0 aliphatic heterocycles. The minimum atomic E-state index is -3.69. The first kappa shape index (κ1) is 13.4. The van der Waals surface area contributed by atoms with Crippen molar-refractivity contribution in [2.75, 3.05) is 10.5 Å². The van der Waals surface area contributed by atoms with Crippen LogP contribution in [0.25, 0.3) is 0 Å². The van der Waals surface area contributed by atoms with E-state index in [4.69, 9.17) is 5.73 Å². The number of nitrogens with two attached hydrogens (primary N) is 1. The number of hydrogen-bond acceptors (Lipinski definition) is 5. The van der Waals surface area contributed by atoms with Crippen LogP contribution in [0.4, 0.5) is 10.8 Å². The molecule has 7 heteroatoms.